The first kappa shape index (κ1) is 12.0. The van der Waals surface area contributed by atoms with Crippen LogP contribution in [0.3, 0.4) is 0 Å². The predicted octanol–water partition coefficient (Wildman–Crippen LogP) is 2.53. The van der Waals surface area contributed by atoms with Crippen molar-refractivity contribution >= 4 is 10.8 Å². The molecule has 2 aromatic rings. The summed E-state index contributed by atoms with van der Waals surface area (Å²) >= 11 is 0. The lowest BCUT2D eigenvalue weighted by molar-refractivity contribution is 0.203. The van der Waals surface area contributed by atoms with Gasteiger partial charge in [0.25, 0.3) is 0 Å². The zero-order chi connectivity index (χ0) is 12.1. The van der Waals surface area contributed by atoms with Crippen molar-refractivity contribution < 1.29 is 9.32 Å². The van der Waals surface area contributed by atoms with Gasteiger partial charge in [0.2, 0.25) is 0 Å². The molecule has 0 spiro atoms. The SMILES string of the molecule is O=[S@@](C[C@@H](O)c1ccccc1)c1ccccc1. The Morgan fingerprint density at radius 2 is 1.47 bits per heavy atom. The maximum absolute atomic E-state index is 12.0. The van der Waals surface area contributed by atoms with E-state index in [0.717, 1.165) is 10.5 Å². The highest BCUT2D eigenvalue weighted by molar-refractivity contribution is 7.85. The van der Waals surface area contributed by atoms with Gasteiger partial charge in [-0.05, 0) is 17.7 Å². The lowest BCUT2D eigenvalue weighted by Crippen LogP contribution is -2.09. The van der Waals surface area contributed by atoms with Gasteiger partial charge in [0.15, 0.2) is 0 Å². The normalized spacial score (nSPS) is 14.2. The summed E-state index contributed by atoms with van der Waals surface area (Å²) in [6.45, 7) is 0. The molecule has 0 radical (unpaired) electrons. The fraction of sp³-hybridized carbons (Fsp3) is 0.143. The average molecular weight is 246 g/mol. The summed E-state index contributed by atoms with van der Waals surface area (Å²) in [4.78, 5) is 0.752. The lowest BCUT2D eigenvalue weighted by atomic mass is 10.1. The van der Waals surface area contributed by atoms with E-state index in [2.05, 4.69) is 0 Å². The molecular weight excluding hydrogens is 232 g/mol. The number of rotatable bonds is 4. The number of hydrogen-bond acceptors (Lipinski definition) is 2. The minimum atomic E-state index is -1.16. The van der Waals surface area contributed by atoms with Crippen molar-refractivity contribution in [1.29, 1.82) is 0 Å². The van der Waals surface area contributed by atoms with Gasteiger partial charge in [-0.2, -0.15) is 0 Å². The van der Waals surface area contributed by atoms with E-state index in [-0.39, 0.29) is 5.75 Å². The molecule has 0 amide bonds. The second-order valence-corrected chi connectivity index (χ2v) is 5.25. The van der Waals surface area contributed by atoms with E-state index in [1.165, 1.54) is 0 Å². The summed E-state index contributed by atoms with van der Waals surface area (Å²) in [6, 6.07) is 18.5. The Balaban J connectivity index is 2.05. The van der Waals surface area contributed by atoms with Gasteiger partial charge in [-0.1, -0.05) is 48.5 Å². The van der Waals surface area contributed by atoms with Crippen LogP contribution in [0.25, 0.3) is 0 Å². The van der Waals surface area contributed by atoms with Crippen LogP contribution in [0.15, 0.2) is 65.6 Å². The monoisotopic (exact) mass is 246 g/mol. The first-order valence-corrected chi connectivity index (χ1v) is 6.75. The second kappa shape index (κ2) is 5.75. The molecule has 0 unspecified atom stereocenters. The summed E-state index contributed by atoms with van der Waals surface area (Å²) in [5.41, 5.74) is 0.803. The molecule has 0 heterocycles. The molecule has 0 aliphatic heterocycles. The summed E-state index contributed by atoms with van der Waals surface area (Å²) in [5, 5.41) is 9.96. The largest absolute Gasteiger partial charge is 0.387 e. The molecular formula is C14H14O2S. The molecule has 2 atom stereocenters. The number of benzene rings is 2. The molecule has 88 valence electrons. The highest BCUT2D eigenvalue weighted by Crippen LogP contribution is 2.16. The number of aliphatic hydroxyl groups is 1. The summed E-state index contributed by atoms with van der Waals surface area (Å²) in [7, 11) is -1.16. The van der Waals surface area contributed by atoms with Crippen molar-refractivity contribution in [3.05, 3.63) is 66.2 Å². The van der Waals surface area contributed by atoms with Crippen LogP contribution in [0.2, 0.25) is 0 Å². The van der Waals surface area contributed by atoms with Crippen LogP contribution in [0.5, 0.6) is 0 Å². The standard InChI is InChI=1S/C14H14O2S/c15-14(12-7-3-1-4-8-12)11-17(16)13-9-5-2-6-10-13/h1-10,14-15H,11H2/t14-,17+/m1/s1. The van der Waals surface area contributed by atoms with Gasteiger partial charge in [0.1, 0.15) is 0 Å². The highest BCUT2D eigenvalue weighted by Gasteiger charge is 2.12. The maximum atomic E-state index is 12.0. The van der Waals surface area contributed by atoms with E-state index < -0.39 is 16.9 Å². The van der Waals surface area contributed by atoms with Crippen LogP contribution in [-0.4, -0.2) is 15.1 Å². The Labute approximate surface area is 103 Å². The van der Waals surface area contributed by atoms with Gasteiger partial charge in [0, 0.05) is 4.90 Å². The van der Waals surface area contributed by atoms with Crippen molar-refractivity contribution in [3.8, 4) is 0 Å². The van der Waals surface area contributed by atoms with Crippen LogP contribution in [0.1, 0.15) is 11.7 Å². The number of aliphatic hydroxyl groups excluding tert-OH is 1. The van der Waals surface area contributed by atoms with Crippen LogP contribution in [0, 0.1) is 0 Å². The molecule has 17 heavy (non-hydrogen) atoms. The molecule has 0 aromatic heterocycles. The van der Waals surface area contributed by atoms with Gasteiger partial charge in [0.05, 0.1) is 22.7 Å². The Morgan fingerprint density at radius 1 is 0.941 bits per heavy atom. The van der Waals surface area contributed by atoms with E-state index in [1.54, 1.807) is 0 Å². The van der Waals surface area contributed by atoms with E-state index in [0.29, 0.717) is 0 Å². The molecule has 0 saturated carbocycles. The van der Waals surface area contributed by atoms with Gasteiger partial charge in [-0.25, -0.2) is 0 Å². The van der Waals surface area contributed by atoms with Crippen LogP contribution >= 0.6 is 0 Å². The van der Waals surface area contributed by atoms with Gasteiger partial charge >= 0.3 is 0 Å². The smallest absolute Gasteiger partial charge is 0.0908 e. The fourth-order valence-electron chi connectivity index (χ4n) is 1.58. The van der Waals surface area contributed by atoms with Crippen molar-refractivity contribution in [2.24, 2.45) is 0 Å². The summed E-state index contributed by atoms with van der Waals surface area (Å²) in [6.07, 6.45) is -0.683. The van der Waals surface area contributed by atoms with Gasteiger partial charge in [-0.15, -0.1) is 0 Å². The third-order valence-corrected chi connectivity index (χ3v) is 3.92. The Kier molecular flexibility index (Phi) is 4.07. The van der Waals surface area contributed by atoms with Crippen LogP contribution in [-0.2, 0) is 10.8 Å². The summed E-state index contributed by atoms with van der Waals surface area (Å²) in [5.74, 6) is 0.230. The minimum absolute atomic E-state index is 0.230. The Morgan fingerprint density at radius 3 is 2.06 bits per heavy atom. The molecule has 3 heteroatoms. The molecule has 0 saturated heterocycles. The van der Waals surface area contributed by atoms with Gasteiger partial charge < -0.3 is 5.11 Å². The topological polar surface area (TPSA) is 37.3 Å². The van der Waals surface area contributed by atoms with Gasteiger partial charge in [-0.3, -0.25) is 4.21 Å². The van der Waals surface area contributed by atoms with Crippen molar-refractivity contribution in [3.63, 3.8) is 0 Å². The zero-order valence-corrected chi connectivity index (χ0v) is 10.1. The molecule has 0 bridgehead atoms. The zero-order valence-electron chi connectivity index (χ0n) is 9.32. The first-order chi connectivity index (χ1) is 8.27. The quantitative estimate of drug-likeness (QED) is 0.900. The average Bonchev–Trinajstić information content (AvgIpc) is 2.40. The molecule has 2 rings (SSSR count). The molecule has 0 fully saturated rings. The molecule has 2 aromatic carbocycles. The van der Waals surface area contributed by atoms with Crippen LogP contribution < -0.4 is 0 Å². The fourth-order valence-corrected chi connectivity index (χ4v) is 2.72. The Hall–Kier alpha value is -1.45. The van der Waals surface area contributed by atoms with Crippen LogP contribution in [0.4, 0.5) is 0 Å². The predicted molar refractivity (Wildman–Crippen MR) is 69.1 cm³/mol. The number of hydrogen-bond donors (Lipinski definition) is 1. The summed E-state index contributed by atoms with van der Waals surface area (Å²) < 4.78 is 12.0. The lowest BCUT2D eigenvalue weighted by Gasteiger charge is -2.10. The van der Waals surface area contributed by atoms with Crippen molar-refractivity contribution in [2.45, 2.75) is 11.0 Å². The first-order valence-electron chi connectivity index (χ1n) is 5.44. The molecule has 0 aliphatic carbocycles. The van der Waals surface area contributed by atoms with Crippen molar-refractivity contribution in [2.75, 3.05) is 5.75 Å². The maximum Gasteiger partial charge on any atom is 0.0908 e. The third kappa shape index (κ3) is 3.25. The Bertz CT molecular complexity index is 482. The second-order valence-electron chi connectivity index (χ2n) is 3.75. The molecule has 0 aliphatic rings. The van der Waals surface area contributed by atoms with E-state index in [1.807, 2.05) is 60.7 Å². The van der Waals surface area contributed by atoms with E-state index >= 15 is 0 Å². The molecule has 1 N–H and O–H groups in total. The van der Waals surface area contributed by atoms with E-state index in [4.69, 9.17) is 0 Å². The third-order valence-electron chi connectivity index (χ3n) is 2.50. The van der Waals surface area contributed by atoms with Crippen molar-refractivity contribution in [1.82, 2.24) is 0 Å². The molecule has 2 nitrogen and oxygen atoms in total. The van der Waals surface area contributed by atoms with E-state index in [9.17, 15) is 9.32 Å². The highest BCUT2D eigenvalue weighted by atomic mass is 32.2. The minimum Gasteiger partial charge on any atom is -0.387 e.